The molecule has 312 valence electrons. The maximum atomic E-state index is 12.8. The highest BCUT2D eigenvalue weighted by molar-refractivity contribution is 9.10. The van der Waals surface area contributed by atoms with E-state index in [1.54, 1.807) is 52.1 Å². The topological polar surface area (TPSA) is 199 Å². The van der Waals surface area contributed by atoms with Crippen LogP contribution in [0.4, 0.5) is 0 Å². The van der Waals surface area contributed by atoms with E-state index >= 15 is 0 Å². The van der Waals surface area contributed by atoms with E-state index in [9.17, 15) is 19.2 Å². The van der Waals surface area contributed by atoms with Crippen molar-refractivity contribution in [2.45, 2.75) is 84.6 Å². The predicted molar refractivity (Wildman–Crippen MR) is 234 cm³/mol. The van der Waals surface area contributed by atoms with Crippen molar-refractivity contribution in [3.05, 3.63) is 83.3 Å². The van der Waals surface area contributed by atoms with Crippen molar-refractivity contribution in [1.82, 2.24) is 47.3 Å². The van der Waals surface area contributed by atoms with Gasteiger partial charge in [0, 0.05) is 77.2 Å². The van der Waals surface area contributed by atoms with Crippen LogP contribution in [0, 0.1) is 13.8 Å². The lowest BCUT2D eigenvalue weighted by Gasteiger charge is -2.16. The zero-order valence-corrected chi connectivity index (χ0v) is 39.4. The molecule has 0 amide bonds. The molecule has 0 saturated carbocycles. The first kappa shape index (κ1) is 46.6. The van der Waals surface area contributed by atoms with E-state index in [4.69, 9.17) is 26.6 Å². The molecule has 0 aliphatic carbocycles. The van der Waals surface area contributed by atoms with Gasteiger partial charge in [-0.2, -0.15) is 0 Å². The van der Waals surface area contributed by atoms with Crippen molar-refractivity contribution in [2.75, 3.05) is 19.8 Å². The second kappa shape index (κ2) is 20.7. The van der Waals surface area contributed by atoms with E-state index in [0.29, 0.717) is 63.7 Å². The van der Waals surface area contributed by atoms with Crippen molar-refractivity contribution in [3.63, 3.8) is 0 Å². The number of rotatable bonds is 14. The minimum Gasteiger partial charge on any atom is -0.396 e. The molecule has 23 heteroatoms. The number of alkyl halides is 1. The second-order valence-electron chi connectivity index (χ2n) is 14.1. The molecule has 57 heavy (non-hydrogen) atoms. The molecule has 6 rings (SSSR count). The summed E-state index contributed by atoms with van der Waals surface area (Å²) in [4.78, 5) is 69.5. The van der Waals surface area contributed by atoms with Crippen molar-refractivity contribution < 1.29 is 14.9 Å². The molecular formula is C34H47Br2ClN10O7S2Si. The number of thiazole rings is 2. The number of fused-ring (bicyclic) bond motifs is 2. The largest absolute Gasteiger partial charge is 0.396 e. The number of hydrogen-bond donors (Lipinski definition) is 2. The number of aliphatic hydroxyl groups excluding tert-OH is 2. The average Bonchev–Trinajstić information content (AvgIpc) is 3.94. The number of aliphatic hydroxyl groups is 2. The maximum Gasteiger partial charge on any atom is 0.332 e. The quantitative estimate of drug-likeness (QED) is 0.0679. The molecular weight excluding hydrogens is 948 g/mol. The number of ether oxygens (including phenoxy) is 1. The number of nitrogens with zero attached hydrogens (tertiary/aromatic N) is 10. The van der Waals surface area contributed by atoms with Gasteiger partial charge in [0.15, 0.2) is 31.8 Å². The van der Waals surface area contributed by atoms with Crippen molar-refractivity contribution in [1.29, 1.82) is 0 Å². The number of hydrogen-bond acceptors (Lipinski definition) is 13. The fraction of sp³-hybridized carbons (Fsp3) is 0.529. The Morgan fingerprint density at radius 1 is 0.754 bits per heavy atom. The fourth-order valence-corrected chi connectivity index (χ4v) is 8.73. The average molecular weight is 995 g/mol. The monoisotopic (exact) mass is 992 g/mol. The van der Waals surface area contributed by atoms with Crippen LogP contribution in [-0.2, 0) is 51.1 Å². The van der Waals surface area contributed by atoms with E-state index < -0.39 is 30.6 Å². The third kappa shape index (κ3) is 11.6. The first-order chi connectivity index (χ1) is 26.9. The number of halogens is 3. The van der Waals surface area contributed by atoms with Crippen LogP contribution in [0.3, 0.4) is 0 Å². The normalized spacial score (nSPS) is 11.6. The van der Waals surface area contributed by atoms with E-state index in [2.05, 4.69) is 71.4 Å². The Bertz CT molecular complexity index is 2550. The lowest BCUT2D eigenvalue weighted by atomic mass is 10.4. The van der Waals surface area contributed by atoms with E-state index in [1.165, 1.54) is 14.0 Å². The van der Waals surface area contributed by atoms with Gasteiger partial charge in [0.2, 0.25) is 0 Å². The Balaban J connectivity index is 0.000000212. The summed E-state index contributed by atoms with van der Waals surface area (Å²) >= 11 is 15.4. The standard InChI is InChI=1S/C15H25BrN4O4Si.C14H16BrN5O3S.C5H6ClNS/c1-18-12-11(13(22)19(15(18)23)6-5-7-21)20(14(16)17-12)10-24-8-9-25(2,3)4;1-8-6-16-9(24-8)7-20-10-11(17-13(20)15)18(2)14(23)19(12(10)22)4-3-5-21;1-4-3-7-5(2-6)8-4/h21H,5-10H2,1-4H3;6,21H,3-5,7H2,1-2H3;3H,2H2,1H3. The summed E-state index contributed by atoms with van der Waals surface area (Å²) in [6.45, 7) is 12.2. The lowest BCUT2D eigenvalue weighted by molar-refractivity contribution is 0.0882. The minimum absolute atomic E-state index is 0.0869. The van der Waals surface area contributed by atoms with Crippen LogP contribution in [0.2, 0.25) is 25.7 Å². The third-order valence-electron chi connectivity index (χ3n) is 8.41. The van der Waals surface area contributed by atoms with Crippen LogP contribution in [0.5, 0.6) is 0 Å². The Hall–Kier alpha value is -3.09. The summed E-state index contributed by atoms with van der Waals surface area (Å²) in [5, 5.41) is 19.8. The lowest BCUT2D eigenvalue weighted by Crippen LogP contribution is -2.40. The molecule has 0 fully saturated rings. The van der Waals surface area contributed by atoms with Gasteiger partial charge in [-0.15, -0.1) is 34.3 Å². The summed E-state index contributed by atoms with van der Waals surface area (Å²) in [5.74, 6) is 0.540. The zero-order chi connectivity index (χ0) is 42.2. The fourth-order valence-electron chi connectivity index (χ4n) is 5.41. The number of aromatic nitrogens is 10. The van der Waals surface area contributed by atoms with Gasteiger partial charge < -0.3 is 19.5 Å². The molecule has 0 aliphatic heterocycles. The highest BCUT2D eigenvalue weighted by atomic mass is 79.9. The van der Waals surface area contributed by atoms with Gasteiger partial charge in [0.05, 0.1) is 12.4 Å². The second-order valence-corrected chi connectivity index (χ2v) is 24.0. The Kier molecular flexibility index (Phi) is 17.0. The first-order valence-electron chi connectivity index (χ1n) is 17.8. The molecule has 6 aromatic rings. The minimum atomic E-state index is -1.19. The molecule has 0 radical (unpaired) electrons. The molecule has 0 atom stereocenters. The molecule has 0 saturated heterocycles. The Morgan fingerprint density at radius 2 is 1.21 bits per heavy atom. The maximum absolute atomic E-state index is 12.8. The van der Waals surface area contributed by atoms with Gasteiger partial charge in [-0.25, -0.2) is 29.5 Å². The summed E-state index contributed by atoms with van der Waals surface area (Å²) in [5.41, 5.74) is -0.409. The molecule has 6 heterocycles. The first-order valence-corrected chi connectivity index (χ1v) is 25.3. The summed E-state index contributed by atoms with van der Waals surface area (Å²) in [6, 6.07) is 1.02. The molecule has 0 bridgehead atoms. The molecule has 17 nitrogen and oxygen atoms in total. The Labute approximate surface area is 358 Å². The van der Waals surface area contributed by atoms with Crippen LogP contribution in [0.15, 0.2) is 41.0 Å². The van der Waals surface area contributed by atoms with Crippen molar-refractivity contribution in [3.8, 4) is 0 Å². The van der Waals surface area contributed by atoms with Crippen LogP contribution in [0.1, 0.15) is 32.6 Å². The van der Waals surface area contributed by atoms with Crippen molar-refractivity contribution in [2.24, 2.45) is 14.1 Å². The van der Waals surface area contributed by atoms with Gasteiger partial charge in [0.1, 0.15) is 16.7 Å². The summed E-state index contributed by atoms with van der Waals surface area (Å²) < 4.78 is 15.0. The molecule has 0 spiro atoms. The van der Waals surface area contributed by atoms with E-state index in [0.717, 1.165) is 30.1 Å². The van der Waals surface area contributed by atoms with Crippen LogP contribution in [-0.4, -0.2) is 85.4 Å². The van der Waals surface area contributed by atoms with E-state index in [1.807, 2.05) is 20.0 Å². The van der Waals surface area contributed by atoms with E-state index in [-0.39, 0.29) is 33.0 Å². The molecule has 6 aromatic heterocycles. The van der Waals surface area contributed by atoms with Gasteiger partial charge >= 0.3 is 11.4 Å². The van der Waals surface area contributed by atoms with Gasteiger partial charge in [-0.1, -0.05) is 19.6 Å². The Morgan fingerprint density at radius 3 is 1.61 bits per heavy atom. The predicted octanol–water partition coefficient (Wildman–Crippen LogP) is 4.40. The van der Waals surface area contributed by atoms with Crippen molar-refractivity contribution >= 4 is 96.5 Å². The molecule has 0 aliphatic rings. The SMILES string of the molecule is Cc1cnc(CCl)s1.Cc1cnc(Cn2c(Br)nc3c2c(=O)n(CCCO)c(=O)n3C)s1.Cn1c(=O)n(CCCO)c(=O)c2c1nc(Br)n2COCC[Si](C)(C)C. The van der Waals surface area contributed by atoms with Crippen LogP contribution >= 0.6 is 66.1 Å². The third-order valence-corrected chi connectivity index (χ3v) is 13.6. The number of imidazole rings is 2. The van der Waals surface area contributed by atoms with Gasteiger partial charge in [0.25, 0.3) is 11.1 Å². The smallest absolute Gasteiger partial charge is 0.332 e. The molecule has 0 unspecified atom stereocenters. The highest BCUT2D eigenvalue weighted by Gasteiger charge is 2.21. The van der Waals surface area contributed by atoms with Crippen LogP contribution < -0.4 is 22.5 Å². The summed E-state index contributed by atoms with van der Waals surface area (Å²) in [6.07, 6.45) is 4.29. The van der Waals surface area contributed by atoms with Gasteiger partial charge in [-0.3, -0.25) is 32.4 Å². The van der Waals surface area contributed by atoms with Crippen LogP contribution in [0.25, 0.3) is 22.3 Å². The zero-order valence-electron chi connectivity index (χ0n) is 32.8. The summed E-state index contributed by atoms with van der Waals surface area (Å²) in [7, 11) is 1.96. The molecule has 0 aromatic carbocycles. The van der Waals surface area contributed by atoms with Gasteiger partial charge in [-0.05, 0) is 64.6 Å². The molecule has 2 N–H and O–H groups in total. The highest BCUT2D eigenvalue weighted by Crippen LogP contribution is 2.21. The number of aryl methyl sites for hydroxylation is 4.